The number of amides is 1. The molecule has 2 N–H and O–H groups in total. The molecule has 0 saturated carbocycles. The maximum atomic E-state index is 12.0. The highest BCUT2D eigenvalue weighted by atomic mass is 16.5. The zero-order valence-corrected chi connectivity index (χ0v) is 11.9. The first-order valence-corrected chi connectivity index (χ1v) is 6.52. The molecule has 112 valence electrons. The summed E-state index contributed by atoms with van der Waals surface area (Å²) in [6, 6.07) is 7.03. The van der Waals surface area contributed by atoms with Gasteiger partial charge in [0.1, 0.15) is 0 Å². The van der Waals surface area contributed by atoms with Gasteiger partial charge in [0, 0.05) is 42.5 Å². The molecular formula is C16H15N3O3. The van der Waals surface area contributed by atoms with Gasteiger partial charge in [-0.3, -0.25) is 19.8 Å². The number of hydroxylamine groups is 1. The first kappa shape index (κ1) is 15.4. The van der Waals surface area contributed by atoms with E-state index in [-0.39, 0.29) is 5.78 Å². The summed E-state index contributed by atoms with van der Waals surface area (Å²) in [5.41, 5.74) is 3.61. The first-order chi connectivity index (χ1) is 10.6. The minimum Gasteiger partial charge on any atom is -0.345 e. The predicted octanol–water partition coefficient (Wildman–Crippen LogP) is 1.83. The molecule has 22 heavy (non-hydrogen) atoms. The van der Waals surface area contributed by atoms with E-state index in [1.54, 1.807) is 36.5 Å². The van der Waals surface area contributed by atoms with Gasteiger partial charge in [-0.05, 0) is 42.5 Å². The van der Waals surface area contributed by atoms with Crippen LogP contribution in [0, 0.1) is 0 Å². The fourth-order valence-electron chi connectivity index (χ4n) is 1.84. The van der Waals surface area contributed by atoms with Crippen molar-refractivity contribution in [1.82, 2.24) is 15.0 Å². The van der Waals surface area contributed by atoms with Crippen LogP contribution in [0.2, 0.25) is 0 Å². The number of aromatic nitrogens is 2. The smallest absolute Gasteiger partial charge is 0.267 e. The number of pyridine rings is 1. The van der Waals surface area contributed by atoms with E-state index < -0.39 is 5.91 Å². The second kappa shape index (κ2) is 7.14. The van der Waals surface area contributed by atoms with Gasteiger partial charge in [-0.25, -0.2) is 5.48 Å². The molecule has 0 spiro atoms. The van der Waals surface area contributed by atoms with E-state index in [1.165, 1.54) is 23.8 Å². The van der Waals surface area contributed by atoms with Crippen molar-refractivity contribution >= 4 is 23.8 Å². The van der Waals surface area contributed by atoms with Gasteiger partial charge in [-0.15, -0.1) is 0 Å². The molecule has 2 rings (SSSR count). The first-order valence-electron chi connectivity index (χ1n) is 6.52. The van der Waals surface area contributed by atoms with E-state index >= 15 is 0 Å². The van der Waals surface area contributed by atoms with E-state index in [0.29, 0.717) is 5.56 Å². The number of hydrogen-bond acceptors (Lipinski definition) is 4. The molecule has 0 aliphatic rings. The Bertz CT molecular complexity index is 730. The van der Waals surface area contributed by atoms with Crippen molar-refractivity contribution in [3.8, 4) is 0 Å². The van der Waals surface area contributed by atoms with Crippen LogP contribution in [0.5, 0.6) is 0 Å². The lowest BCUT2D eigenvalue weighted by molar-refractivity contribution is -0.124. The predicted molar refractivity (Wildman–Crippen MR) is 82.0 cm³/mol. The highest BCUT2D eigenvalue weighted by molar-refractivity contribution is 6.06. The number of carbonyl (C=O) groups excluding carboxylic acids is 2. The fourth-order valence-corrected chi connectivity index (χ4v) is 1.84. The van der Waals surface area contributed by atoms with Gasteiger partial charge in [0.15, 0.2) is 5.78 Å². The largest absolute Gasteiger partial charge is 0.345 e. The molecule has 6 heteroatoms. The number of rotatable bonds is 5. The Morgan fingerprint density at radius 2 is 1.86 bits per heavy atom. The highest BCUT2D eigenvalue weighted by Crippen LogP contribution is 2.11. The maximum Gasteiger partial charge on any atom is 0.267 e. The lowest BCUT2D eigenvalue weighted by Gasteiger charge is -2.01. The molecule has 2 heterocycles. The number of nitrogens with zero attached hydrogens (tertiary/aromatic N) is 2. The van der Waals surface area contributed by atoms with Crippen LogP contribution < -0.4 is 5.48 Å². The lowest BCUT2D eigenvalue weighted by Crippen LogP contribution is -2.14. The minimum absolute atomic E-state index is 0.133. The standard InChI is InChI=1S/C16H15N3O3/c1-19-13(4-5-14(19)7-9-16(21)18-22)6-8-15(20)12-3-2-10-17-11-12/h2-11,22H,1H3,(H,18,21)/b8-6+,9-7+. The molecule has 6 nitrogen and oxygen atoms in total. The topological polar surface area (TPSA) is 84.2 Å². The molecule has 0 aliphatic carbocycles. The third-order valence-electron chi connectivity index (χ3n) is 3.07. The van der Waals surface area contributed by atoms with Crippen LogP contribution in [0.1, 0.15) is 21.7 Å². The molecule has 2 aromatic rings. The van der Waals surface area contributed by atoms with Gasteiger partial charge < -0.3 is 4.57 Å². The summed E-state index contributed by atoms with van der Waals surface area (Å²) in [6.45, 7) is 0. The molecule has 1 amide bonds. The Balaban J connectivity index is 2.13. The summed E-state index contributed by atoms with van der Waals surface area (Å²) in [5, 5.41) is 8.43. The van der Waals surface area contributed by atoms with Gasteiger partial charge in [0.2, 0.25) is 0 Å². The Kier molecular flexibility index (Phi) is 5.00. The lowest BCUT2D eigenvalue weighted by atomic mass is 10.2. The molecule has 0 fully saturated rings. The van der Waals surface area contributed by atoms with E-state index in [9.17, 15) is 9.59 Å². The Morgan fingerprint density at radius 3 is 2.45 bits per heavy atom. The van der Waals surface area contributed by atoms with Crippen molar-refractivity contribution in [3.05, 3.63) is 65.8 Å². The summed E-state index contributed by atoms with van der Waals surface area (Å²) >= 11 is 0. The van der Waals surface area contributed by atoms with Gasteiger partial charge >= 0.3 is 0 Å². The molecule has 2 aromatic heterocycles. The summed E-state index contributed by atoms with van der Waals surface area (Å²) in [6.07, 6.45) is 9.06. The Labute approximate surface area is 127 Å². The van der Waals surface area contributed by atoms with Gasteiger partial charge in [0.05, 0.1) is 0 Å². The molecule has 0 aromatic carbocycles. The van der Waals surface area contributed by atoms with E-state index in [1.807, 2.05) is 17.7 Å². The summed E-state index contributed by atoms with van der Waals surface area (Å²) in [5.74, 6) is -0.740. The van der Waals surface area contributed by atoms with Gasteiger partial charge in [-0.2, -0.15) is 0 Å². The Hall–Kier alpha value is -2.99. The van der Waals surface area contributed by atoms with Crippen LogP contribution in [-0.4, -0.2) is 26.4 Å². The molecule has 0 aliphatic heterocycles. The van der Waals surface area contributed by atoms with E-state index in [0.717, 1.165) is 11.4 Å². The van der Waals surface area contributed by atoms with Crippen LogP contribution >= 0.6 is 0 Å². The normalized spacial score (nSPS) is 11.2. The molecule has 0 unspecified atom stereocenters. The summed E-state index contributed by atoms with van der Waals surface area (Å²) in [7, 11) is 1.81. The van der Waals surface area contributed by atoms with Crippen molar-refractivity contribution in [1.29, 1.82) is 0 Å². The summed E-state index contributed by atoms with van der Waals surface area (Å²) < 4.78 is 1.81. The highest BCUT2D eigenvalue weighted by Gasteiger charge is 2.03. The molecule has 0 atom stereocenters. The zero-order valence-electron chi connectivity index (χ0n) is 11.9. The SMILES string of the molecule is Cn1c(/C=C/C(=O)NO)ccc1/C=C/C(=O)c1cccnc1. The zero-order chi connectivity index (χ0) is 15.9. The van der Waals surface area contributed by atoms with Gasteiger partial charge in [0.25, 0.3) is 5.91 Å². The quantitative estimate of drug-likeness (QED) is 0.382. The molecule has 0 bridgehead atoms. The van der Waals surface area contributed by atoms with Crippen molar-refractivity contribution in [2.24, 2.45) is 7.05 Å². The number of carbonyl (C=O) groups is 2. The molecule has 0 radical (unpaired) electrons. The average Bonchev–Trinajstić information content (AvgIpc) is 2.91. The van der Waals surface area contributed by atoms with Crippen LogP contribution in [0.25, 0.3) is 12.2 Å². The van der Waals surface area contributed by atoms with Crippen LogP contribution in [0.3, 0.4) is 0 Å². The molecular weight excluding hydrogens is 282 g/mol. The van der Waals surface area contributed by atoms with E-state index in [4.69, 9.17) is 5.21 Å². The van der Waals surface area contributed by atoms with Crippen molar-refractivity contribution in [3.63, 3.8) is 0 Å². The van der Waals surface area contributed by atoms with Crippen LogP contribution in [0.4, 0.5) is 0 Å². The minimum atomic E-state index is -0.606. The third kappa shape index (κ3) is 3.77. The van der Waals surface area contributed by atoms with E-state index in [2.05, 4.69) is 4.98 Å². The second-order valence-electron chi connectivity index (χ2n) is 4.49. The fraction of sp³-hybridized carbons (Fsp3) is 0.0625. The monoisotopic (exact) mass is 297 g/mol. The number of allylic oxidation sites excluding steroid dienone is 1. The van der Waals surface area contributed by atoms with Gasteiger partial charge in [-0.1, -0.05) is 0 Å². The van der Waals surface area contributed by atoms with Crippen LogP contribution in [0.15, 0.2) is 48.8 Å². The van der Waals surface area contributed by atoms with Crippen molar-refractivity contribution < 1.29 is 14.8 Å². The maximum absolute atomic E-state index is 12.0. The number of ketones is 1. The van der Waals surface area contributed by atoms with Crippen molar-refractivity contribution in [2.45, 2.75) is 0 Å². The third-order valence-corrected chi connectivity index (χ3v) is 3.07. The van der Waals surface area contributed by atoms with Crippen molar-refractivity contribution in [2.75, 3.05) is 0 Å². The van der Waals surface area contributed by atoms with Crippen LogP contribution in [-0.2, 0) is 11.8 Å². The number of hydrogen-bond donors (Lipinski definition) is 2. The second-order valence-corrected chi connectivity index (χ2v) is 4.49. The molecule has 0 saturated heterocycles. The number of nitrogens with one attached hydrogen (secondary N) is 1. The summed E-state index contributed by atoms with van der Waals surface area (Å²) in [4.78, 5) is 26.8. The Morgan fingerprint density at radius 1 is 1.18 bits per heavy atom. The average molecular weight is 297 g/mol.